The molecule has 0 amide bonds. The molecule has 0 unspecified atom stereocenters. The Labute approximate surface area is 111 Å². The van der Waals surface area contributed by atoms with E-state index in [0.717, 1.165) is 16.5 Å². The maximum absolute atomic E-state index is 12.6. The standard InChI is InChI=1S/C15H13NO2S/c1-11-5-7-12(8-6-11)19(17,18)15-4-2-3-14-13(15)9-10-16-14/h2-10,16H,1H3. The Hall–Kier alpha value is -2.07. The molecule has 96 valence electrons. The van der Waals surface area contributed by atoms with Gasteiger partial charge in [-0.25, -0.2) is 8.42 Å². The lowest BCUT2D eigenvalue weighted by atomic mass is 10.2. The smallest absolute Gasteiger partial charge is 0.207 e. The fourth-order valence-corrected chi connectivity index (χ4v) is 3.61. The van der Waals surface area contributed by atoms with Gasteiger partial charge in [0.25, 0.3) is 0 Å². The highest BCUT2D eigenvalue weighted by atomic mass is 32.2. The lowest BCUT2D eigenvalue weighted by Crippen LogP contribution is -2.02. The first kappa shape index (κ1) is 12.0. The van der Waals surface area contributed by atoms with Gasteiger partial charge in [0.15, 0.2) is 0 Å². The molecule has 3 aromatic rings. The lowest BCUT2D eigenvalue weighted by molar-refractivity contribution is 0.597. The molecule has 4 heteroatoms. The molecule has 2 aromatic carbocycles. The number of benzene rings is 2. The van der Waals surface area contributed by atoms with Crippen molar-refractivity contribution in [1.82, 2.24) is 4.98 Å². The molecule has 0 radical (unpaired) electrons. The summed E-state index contributed by atoms with van der Waals surface area (Å²) in [6, 6.07) is 14.0. The van der Waals surface area contributed by atoms with Crippen LogP contribution >= 0.6 is 0 Å². The van der Waals surface area contributed by atoms with Gasteiger partial charge in [-0.3, -0.25) is 0 Å². The molecular weight excluding hydrogens is 258 g/mol. The van der Waals surface area contributed by atoms with E-state index in [2.05, 4.69) is 4.98 Å². The number of hydrogen-bond donors (Lipinski definition) is 1. The van der Waals surface area contributed by atoms with Crippen LogP contribution in [0.5, 0.6) is 0 Å². The van der Waals surface area contributed by atoms with Gasteiger partial charge >= 0.3 is 0 Å². The van der Waals surface area contributed by atoms with Gasteiger partial charge in [0.2, 0.25) is 9.84 Å². The Morgan fingerprint density at radius 3 is 2.42 bits per heavy atom. The van der Waals surface area contributed by atoms with E-state index in [1.54, 1.807) is 36.5 Å². The van der Waals surface area contributed by atoms with Gasteiger partial charge in [0.1, 0.15) is 0 Å². The zero-order valence-corrected chi connectivity index (χ0v) is 11.2. The SMILES string of the molecule is Cc1ccc(S(=O)(=O)c2cccc3[nH]ccc23)cc1. The largest absolute Gasteiger partial charge is 0.361 e. The Kier molecular flexibility index (Phi) is 2.68. The highest BCUT2D eigenvalue weighted by molar-refractivity contribution is 7.91. The normalized spacial score (nSPS) is 11.8. The van der Waals surface area contributed by atoms with Crippen LogP contribution in [0.2, 0.25) is 0 Å². The molecular formula is C15H13NO2S. The first-order chi connectivity index (χ1) is 9.09. The van der Waals surface area contributed by atoms with Crippen LogP contribution in [-0.2, 0) is 9.84 Å². The summed E-state index contributed by atoms with van der Waals surface area (Å²) in [5, 5.41) is 0.725. The number of H-pyrrole nitrogens is 1. The van der Waals surface area contributed by atoms with E-state index >= 15 is 0 Å². The van der Waals surface area contributed by atoms with E-state index in [1.807, 2.05) is 25.1 Å². The summed E-state index contributed by atoms with van der Waals surface area (Å²) in [4.78, 5) is 3.70. The van der Waals surface area contributed by atoms with Gasteiger partial charge in [-0.2, -0.15) is 0 Å². The number of aryl methyl sites for hydroxylation is 1. The molecule has 0 aliphatic carbocycles. The van der Waals surface area contributed by atoms with Gasteiger partial charge < -0.3 is 4.98 Å². The van der Waals surface area contributed by atoms with Crippen molar-refractivity contribution in [3.63, 3.8) is 0 Å². The second-order valence-corrected chi connectivity index (χ2v) is 6.43. The lowest BCUT2D eigenvalue weighted by Gasteiger charge is -2.06. The molecule has 0 bridgehead atoms. The first-order valence-corrected chi connectivity index (χ1v) is 7.45. The van der Waals surface area contributed by atoms with E-state index in [0.29, 0.717) is 9.79 Å². The molecule has 0 spiro atoms. The van der Waals surface area contributed by atoms with Crippen LogP contribution in [0.25, 0.3) is 10.9 Å². The Bertz CT molecular complexity index is 830. The Balaban J connectivity index is 2.25. The minimum Gasteiger partial charge on any atom is -0.361 e. The van der Waals surface area contributed by atoms with E-state index in [9.17, 15) is 8.42 Å². The Morgan fingerprint density at radius 2 is 1.68 bits per heavy atom. The molecule has 1 N–H and O–H groups in total. The van der Waals surface area contributed by atoms with Gasteiger partial charge in [0, 0.05) is 17.1 Å². The summed E-state index contributed by atoms with van der Waals surface area (Å²) in [6.45, 7) is 1.93. The minimum atomic E-state index is -3.47. The van der Waals surface area contributed by atoms with Crippen LogP contribution in [0.1, 0.15) is 5.56 Å². The molecule has 0 saturated heterocycles. The summed E-state index contributed by atoms with van der Waals surface area (Å²) in [7, 11) is -3.47. The van der Waals surface area contributed by atoms with Crippen molar-refractivity contribution in [3.05, 3.63) is 60.3 Å². The third-order valence-electron chi connectivity index (χ3n) is 3.18. The van der Waals surface area contributed by atoms with Crippen LogP contribution in [0.15, 0.2) is 64.5 Å². The van der Waals surface area contributed by atoms with Crippen LogP contribution in [0.3, 0.4) is 0 Å². The number of nitrogens with one attached hydrogen (secondary N) is 1. The fourth-order valence-electron chi connectivity index (χ4n) is 2.14. The zero-order valence-electron chi connectivity index (χ0n) is 10.4. The number of fused-ring (bicyclic) bond motifs is 1. The average molecular weight is 271 g/mol. The third-order valence-corrected chi connectivity index (χ3v) is 5.00. The van der Waals surface area contributed by atoms with Crippen molar-refractivity contribution in [3.8, 4) is 0 Å². The predicted octanol–water partition coefficient (Wildman–Crippen LogP) is 3.31. The third kappa shape index (κ3) is 1.94. The molecule has 0 saturated carbocycles. The molecule has 0 aliphatic heterocycles. The number of aromatic amines is 1. The van der Waals surface area contributed by atoms with Gasteiger partial charge in [0.05, 0.1) is 9.79 Å². The molecule has 19 heavy (non-hydrogen) atoms. The number of aromatic nitrogens is 1. The minimum absolute atomic E-state index is 0.326. The molecule has 0 atom stereocenters. The monoisotopic (exact) mass is 271 g/mol. The van der Waals surface area contributed by atoms with Crippen LogP contribution < -0.4 is 0 Å². The molecule has 3 rings (SSSR count). The van der Waals surface area contributed by atoms with Crippen molar-refractivity contribution < 1.29 is 8.42 Å². The van der Waals surface area contributed by atoms with Crippen molar-refractivity contribution in [1.29, 1.82) is 0 Å². The molecule has 3 nitrogen and oxygen atoms in total. The van der Waals surface area contributed by atoms with E-state index in [1.165, 1.54) is 0 Å². The number of hydrogen-bond acceptors (Lipinski definition) is 2. The van der Waals surface area contributed by atoms with E-state index in [4.69, 9.17) is 0 Å². The molecule has 1 heterocycles. The predicted molar refractivity (Wildman–Crippen MR) is 74.9 cm³/mol. The van der Waals surface area contributed by atoms with Crippen LogP contribution in [0.4, 0.5) is 0 Å². The fraction of sp³-hybridized carbons (Fsp3) is 0.0667. The summed E-state index contributed by atoms with van der Waals surface area (Å²) < 4.78 is 25.3. The average Bonchev–Trinajstić information content (AvgIpc) is 2.87. The summed E-state index contributed by atoms with van der Waals surface area (Å²) in [6.07, 6.45) is 1.75. The van der Waals surface area contributed by atoms with Crippen molar-refractivity contribution in [2.24, 2.45) is 0 Å². The van der Waals surface area contributed by atoms with Crippen LogP contribution in [0, 0.1) is 6.92 Å². The second-order valence-electron chi connectivity index (χ2n) is 4.51. The second kappa shape index (κ2) is 4.24. The topological polar surface area (TPSA) is 49.9 Å². The summed E-state index contributed by atoms with van der Waals surface area (Å²) in [5.41, 5.74) is 1.87. The van der Waals surface area contributed by atoms with Gasteiger partial charge in [-0.15, -0.1) is 0 Å². The van der Waals surface area contributed by atoms with E-state index in [-0.39, 0.29) is 0 Å². The number of sulfone groups is 1. The van der Waals surface area contributed by atoms with Crippen molar-refractivity contribution in [2.75, 3.05) is 0 Å². The molecule has 0 fully saturated rings. The molecule has 0 aliphatic rings. The van der Waals surface area contributed by atoms with Crippen LogP contribution in [-0.4, -0.2) is 13.4 Å². The Morgan fingerprint density at radius 1 is 0.947 bits per heavy atom. The quantitative estimate of drug-likeness (QED) is 0.777. The summed E-state index contributed by atoms with van der Waals surface area (Å²) in [5.74, 6) is 0. The zero-order chi connectivity index (χ0) is 13.5. The number of rotatable bonds is 2. The molecule has 1 aromatic heterocycles. The summed E-state index contributed by atoms with van der Waals surface area (Å²) >= 11 is 0. The van der Waals surface area contributed by atoms with E-state index < -0.39 is 9.84 Å². The maximum atomic E-state index is 12.6. The van der Waals surface area contributed by atoms with Gasteiger partial charge in [-0.1, -0.05) is 23.8 Å². The highest BCUT2D eigenvalue weighted by Gasteiger charge is 2.20. The van der Waals surface area contributed by atoms with Crippen molar-refractivity contribution >= 4 is 20.7 Å². The van der Waals surface area contributed by atoms with Gasteiger partial charge in [-0.05, 0) is 37.3 Å². The van der Waals surface area contributed by atoms with Crippen molar-refractivity contribution in [2.45, 2.75) is 16.7 Å². The highest BCUT2D eigenvalue weighted by Crippen LogP contribution is 2.27. The maximum Gasteiger partial charge on any atom is 0.207 e. The first-order valence-electron chi connectivity index (χ1n) is 5.97.